The van der Waals surface area contributed by atoms with Crippen LogP contribution in [0.2, 0.25) is 0 Å². The number of hydrogen-bond acceptors (Lipinski definition) is 0. The predicted molar refractivity (Wildman–Crippen MR) is 57.4 cm³/mol. The van der Waals surface area contributed by atoms with Gasteiger partial charge in [-0.05, 0) is 23.4 Å². The van der Waals surface area contributed by atoms with Gasteiger partial charge in [-0.25, -0.2) is 0 Å². The van der Waals surface area contributed by atoms with Crippen LogP contribution >= 0.6 is 0 Å². The molecule has 1 nitrogen and oxygen atoms in total. The molecule has 0 radical (unpaired) electrons. The normalized spacial score (nSPS) is 12.2. The van der Waals surface area contributed by atoms with Crippen LogP contribution in [0.5, 0.6) is 0 Å². The predicted octanol–water partition coefficient (Wildman–Crippen LogP) is 3.77. The van der Waals surface area contributed by atoms with Crippen LogP contribution in [0.3, 0.4) is 0 Å². The SMILES string of the molecule is CCc1cccc2ccn(CC(F)(F)F)c12. The number of nitrogens with zero attached hydrogens (tertiary/aromatic N) is 1. The molecular weight excluding hydrogens is 215 g/mol. The monoisotopic (exact) mass is 227 g/mol. The third-order valence-electron chi connectivity index (χ3n) is 2.60. The zero-order valence-electron chi connectivity index (χ0n) is 8.88. The van der Waals surface area contributed by atoms with Gasteiger partial charge in [0.25, 0.3) is 0 Å². The maximum atomic E-state index is 12.4. The minimum absolute atomic E-state index is 0.697. The van der Waals surface area contributed by atoms with Crippen LogP contribution < -0.4 is 0 Å². The zero-order valence-corrected chi connectivity index (χ0v) is 8.88. The Labute approximate surface area is 91.5 Å². The molecule has 4 heteroatoms. The van der Waals surface area contributed by atoms with Crippen molar-refractivity contribution in [2.45, 2.75) is 26.1 Å². The summed E-state index contributed by atoms with van der Waals surface area (Å²) in [5.74, 6) is 0. The van der Waals surface area contributed by atoms with Crippen LogP contribution in [0.1, 0.15) is 12.5 Å². The van der Waals surface area contributed by atoms with Crippen LogP contribution in [0.15, 0.2) is 30.5 Å². The lowest BCUT2D eigenvalue weighted by atomic mass is 10.1. The topological polar surface area (TPSA) is 4.93 Å². The Morgan fingerprint density at radius 2 is 1.94 bits per heavy atom. The molecule has 0 saturated heterocycles. The van der Waals surface area contributed by atoms with Gasteiger partial charge in [-0.2, -0.15) is 13.2 Å². The molecule has 2 aromatic rings. The van der Waals surface area contributed by atoms with E-state index in [-0.39, 0.29) is 0 Å². The van der Waals surface area contributed by atoms with Crippen molar-refractivity contribution >= 4 is 10.9 Å². The molecule has 1 heterocycles. The van der Waals surface area contributed by atoms with E-state index < -0.39 is 12.7 Å². The van der Waals surface area contributed by atoms with Gasteiger partial charge in [0, 0.05) is 6.20 Å². The lowest BCUT2D eigenvalue weighted by Crippen LogP contribution is -2.17. The first-order chi connectivity index (χ1) is 7.51. The molecule has 2 rings (SSSR count). The molecule has 0 saturated carbocycles. The highest BCUT2D eigenvalue weighted by Gasteiger charge is 2.28. The van der Waals surface area contributed by atoms with Crippen molar-refractivity contribution in [3.8, 4) is 0 Å². The molecule has 1 aromatic heterocycles. The summed E-state index contributed by atoms with van der Waals surface area (Å²) in [4.78, 5) is 0. The van der Waals surface area contributed by atoms with Gasteiger partial charge in [0.1, 0.15) is 6.54 Å². The minimum atomic E-state index is -4.17. The number of fused-ring (bicyclic) bond motifs is 1. The van der Waals surface area contributed by atoms with Gasteiger partial charge in [0.2, 0.25) is 0 Å². The van der Waals surface area contributed by atoms with Gasteiger partial charge in [0.05, 0.1) is 5.52 Å². The van der Waals surface area contributed by atoms with E-state index in [9.17, 15) is 13.2 Å². The maximum Gasteiger partial charge on any atom is 0.406 e. The fraction of sp³-hybridized carbons (Fsp3) is 0.333. The summed E-state index contributed by atoms with van der Waals surface area (Å²) in [6, 6.07) is 7.30. The first-order valence-corrected chi connectivity index (χ1v) is 5.15. The molecule has 0 atom stereocenters. The molecule has 0 aliphatic heterocycles. The van der Waals surface area contributed by atoms with Crippen LogP contribution in [0.25, 0.3) is 10.9 Å². The summed E-state index contributed by atoms with van der Waals surface area (Å²) in [6.45, 7) is 1.02. The Bertz CT molecular complexity index is 496. The molecule has 0 fully saturated rings. The fourth-order valence-electron chi connectivity index (χ4n) is 1.95. The maximum absolute atomic E-state index is 12.4. The summed E-state index contributed by atoms with van der Waals surface area (Å²) in [5, 5.41) is 0.864. The Hall–Kier alpha value is -1.45. The molecule has 0 N–H and O–H groups in total. The van der Waals surface area contributed by atoms with Crippen LogP contribution in [0, 0.1) is 0 Å². The van der Waals surface area contributed by atoms with E-state index >= 15 is 0 Å². The zero-order chi connectivity index (χ0) is 11.8. The van der Waals surface area contributed by atoms with Crippen molar-refractivity contribution in [3.05, 3.63) is 36.0 Å². The van der Waals surface area contributed by atoms with Crippen LogP contribution in [0.4, 0.5) is 13.2 Å². The first-order valence-electron chi connectivity index (χ1n) is 5.15. The highest BCUT2D eigenvalue weighted by Crippen LogP contribution is 2.25. The van der Waals surface area contributed by atoms with Gasteiger partial charge < -0.3 is 4.57 Å². The molecular formula is C12H12F3N. The number of rotatable bonds is 2. The molecule has 86 valence electrons. The summed E-state index contributed by atoms with van der Waals surface area (Å²) in [5.41, 5.74) is 1.65. The second kappa shape index (κ2) is 3.85. The lowest BCUT2D eigenvalue weighted by molar-refractivity contribution is -0.139. The number of benzene rings is 1. The molecule has 0 amide bonds. The van der Waals surface area contributed by atoms with Crippen molar-refractivity contribution in [2.75, 3.05) is 0 Å². The average molecular weight is 227 g/mol. The molecule has 0 aliphatic carbocycles. The Balaban J connectivity index is 2.54. The van der Waals surface area contributed by atoms with Crippen LogP contribution in [-0.2, 0) is 13.0 Å². The average Bonchev–Trinajstić information content (AvgIpc) is 2.59. The highest BCUT2D eigenvalue weighted by molar-refractivity contribution is 5.83. The molecule has 0 bridgehead atoms. The van der Waals surface area contributed by atoms with Crippen molar-refractivity contribution in [1.82, 2.24) is 4.57 Å². The van der Waals surface area contributed by atoms with E-state index in [1.54, 1.807) is 6.07 Å². The minimum Gasteiger partial charge on any atom is -0.338 e. The standard InChI is InChI=1S/C12H12F3N/c1-2-9-4-3-5-10-6-7-16(11(9)10)8-12(13,14)15/h3-7H,2,8H2,1H3. The van der Waals surface area contributed by atoms with E-state index in [2.05, 4.69) is 0 Å². The van der Waals surface area contributed by atoms with Crippen molar-refractivity contribution in [3.63, 3.8) is 0 Å². The van der Waals surface area contributed by atoms with Gasteiger partial charge in [-0.15, -0.1) is 0 Å². The van der Waals surface area contributed by atoms with Crippen molar-refractivity contribution in [2.24, 2.45) is 0 Å². The summed E-state index contributed by atoms with van der Waals surface area (Å²) in [7, 11) is 0. The first kappa shape index (κ1) is 11.0. The van der Waals surface area contributed by atoms with E-state index in [1.165, 1.54) is 10.8 Å². The van der Waals surface area contributed by atoms with E-state index in [1.807, 2.05) is 25.1 Å². The number of para-hydroxylation sites is 1. The van der Waals surface area contributed by atoms with Gasteiger partial charge in [0.15, 0.2) is 0 Å². The number of aromatic nitrogens is 1. The smallest absolute Gasteiger partial charge is 0.338 e. The van der Waals surface area contributed by atoms with Gasteiger partial charge in [-0.1, -0.05) is 25.1 Å². The summed E-state index contributed by atoms with van der Waals surface area (Å²) < 4.78 is 38.4. The summed E-state index contributed by atoms with van der Waals surface area (Å²) in [6.07, 6.45) is -1.94. The molecule has 1 aromatic carbocycles. The third kappa shape index (κ3) is 2.05. The fourth-order valence-corrected chi connectivity index (χ4v) is 1.95. The van der Waals surface area contributed by atoms with Crippen molar-refractivity contribution < 1.29 is 13.2 Å². The second-order valence-corrected chi connectivity index (χ2v) is 3.77. The molecule has 0 spiro atoms. The molecule has 0 aliphatic rings. The van der Waals surface area contributed by atoms with Gasteiger partial charge in [-0.3, -0.25) is 0 Å². The highest BCUT2D eigenvalue weighted by atomic mass is 19.4. The molecule has 16 heavy (non-hydrogen) atoms. The van der Waals surface area contributed by atoms with Gasteiger partial charge >= 0.3 is 6.18 Å². The number of hydrogen-bond donors (Lipinski definition) is 0. The third-order valence-corrected chi connectivity index (χ3v) is 2.60. The van der Waals surface area contributed by atoms with E-state index in [0.717, 1.165) is 17.4 Å². The number of alkyl halides is 3. The quantitative estimate of drug-likeness (QED) is 0.736. The Morgan fingerprint density at radius 3 is 2.56 bits per heavy atom. The van der Waals surface area contributed by atoms with E-state index in [0.29, 0.717) is 5.52 Å². The lowest BCUT2D eigenvalue weighted by Gasteiger charge is -2.11. The van der Waals surface area contributed by atoms with E-state index in [4.69, 9.17) is 0 Å². The Kier molecular flexibility index (Phi) is 2.66. The van der Waals surface area contributed by atoms with Crippen LogP contribution in [-0.4, -0.2) is 10.7 Å². The molecule has 0 unspecified atom stereocenters. The largest absolute Gasteiger partial charge is 0.406 e. The van der Waals surface area contributed by atoms with Crippen molar-refractivity contribution in [1.29, 1.82) is 0 Å². The second-order valence-electron chi connectivity index (χ2n) is 3.77. The number of aryl methyl sites for hydroxylation is 1. The summed E-state index contributed by atoms with van der Waals surface area (Å²) >= 11 is 0. The number of halogens is 3. The Morgan fingerprint density at radius 1 is 1.19 bits per heavy atom.